The van der Waals surface area contributed by atoms with E-state index in [0.717, 1.165) is 4.47 Å². The summed E-state index contributed by atoms with van der Waals surface area (Å²) in [7, 11) is 0. The van der Waals surface area contributed by atoms with Gasteiger partial charge in [-0.3, -0.25) is 0 Å². The number of hydrogen-bond acceptors (Lipinski definition) is 0. The van der Waals surface area contributed by atoms with Crippen LogP contribution in [0.3, 0.4) is 0 Å². The lowest BCUT2D eigenvalue weighted by atomic mass is 10.2. The first-order valence-corrected chi connectivity index (χ1v) is 3.64. The van der Waals surface area contributed by atoms with Crippen LogP contribution in [0.1, 0.15) is 11.1 Å². The van der Waals surface area contributed by atoms with E-state index in [1.54, 1.807) is 0 Å². The zero-order chi connectivity index (χ0) is 6.85. The van der Waals surface area contributed by atoms with Crippen LogP contribution in [0, 0.1) is 19.9 Å². The summed E-state index contributed by atoms with van der Waals surface area (Å²) in [5.41, 5.74) is 2.37. The van der Waals surface area contributed by atoms with Crippen LogP contribution in [0.25, 0.3) is 0 Å². The van der Waals surface area contributed by atoms with Crippen molar-refractivity contribution in [3.63, 3.8) is 0 Å². The molecule has 1 radical (unpaired) electrons. The molecule has 0 atom stereocenters. The molecule has 0 amide bonds. The van der Waals surface area contributed by atoms with Gasteiger partial charge >= 0.3 is 0 Å². The third-order valence-electron chi connectivity index (χ3n) is 1.22. The Balaban J connectivity index is 3.17. The summed E-state index contributed by atoms with van der Waals surface area (Å²) in [4.78, 5) is 0. The first kappa shape index (κ1) is 6.81. The number of rotatable bonds is 0. The number of halogens is 1. The zero-order valence-corrected chi connectivity index (χ0v) is 7.12. The third-order valence-corrected chi connectivity index (χ3v) is 2.08. The molecule has 0 spiro atoms. The molecule has 0 nitrogen and oxygen atoms in total. The highest BCUT2D eigenvalue weighted by molar-refractivity contribution is 9.10. The topological polar surface area (TPSA) is 0 Å². The van der Waals surface area contributed by atoms with Gasteiger partial charge in [0.15, 0.2) is 0 Å². The molecule has 0 aliphatic carbocycles. The van der Waals surface area contributed by atoms with Gasteiger partial charge in [0, 0.05) is 4.47 Å². The SMILES string of the molecule is Cc1[c]c(C)c(Br)cc1. The van der Waals surface area contributed by atoms with Crippen LogP contribution in [0.5, 0.6) is 0 Å². The van der Waals surface area contributed by atoms with Gasteiger partial charge in [-0.15, -0.1) is 0 Å². The lowest BCUT2D eigenvalue weighted by Gasteiger charge is -1.95. The van der Waals surface area contributed by atoms with Gasteiger partial charge in [-0.2, -0.15) is 0 Å². The molecule has 0 heterocycles. The van der Waals surface area contributed by atoms with E-state index in [4.69, 9.17) is 0 Å². The van der Waals surface area contributed by atoms with E-state index in [1.165, 1.54) is 11.1 Å². The Labute approximate surface area is 64.0 Å². The predicted molar refractivity (Wildman–Crippen MR) is 42.5 cm³/mol. The first-order chi connectivity index (χ1) is 4.20. The molecule has 0 N–H and O–H groups in total. The van der Waals surface area contributed by atoms with E-state index in [0.29, 0.717) is 0 Å². The van der Waals surface area contributed by atoms with E-state index < -0.39 is 0 Å². The fraction of sp³-hybridized carbons (Fsp3) is 0.250. The largest absolute Gasteiger partial charge is 0.0576 e. The van der Waals surface area contributed by atoms with Crippen LogP contribution in [-0.4, -0.2) is 0 Å². The Bertz CT molecular complexity index is 216. The van der Waals surface area contributed by atoms with Crippen molar-refractivity contribution in [2.45, 2.75) is 13.8 Å². The third kappa shape index (κ3) is 1.55. The highest BCUT2D eigenvalue weighted by Gasteiger charge is 1.91. The monoisotopic (exact) mass is 183 g/mol. The van der Waals surface area contributed by atoms with E-state index in [2.05, 4.69) is 22.0 Å². The molecule has 0 unspecified atom stereocenters. The normalized spacial score (nSPS) is 9.67. The fourth-order valence-corrected chi connectivity index (χ4v) is 0.952. The van der Waals surface area contributed by atoms with Gasteiger partial charge in [-0.1, -0.05) is 22.0 Å². The van der Waals surface area contributed by atoms with Gasteiger partial charge in [0.1, 0.15) is 0 Å². The second-order valence-electron chi connectivity index (χ2n) is 2.11. The number of benzene rings is 1. The minimum Gasteiger partial charge on any atom is -0.0576 e. The summed E-state index contributed by atoms with van der Waals surface area (Å²) >= 11 is 3.40. The van der Waals surface area contributed by atoms with Gasteiger partial charge in [-0.05, 0) is 37.1 Å². The average Bonchev–Trinajstić information content (AvgIpc) is 1.80. The molecule has 1 heteroatoms. The summed E-state index contributed by atoms with van der Waals surface area (Å²) < 4.78 is 1.13. The molecule has 0 saturated heterocycles. The van der Waals surface area contributed by atoms with Crippen molar-refractivity contribution in [2.24, 2.45) is 0 Å². The Morgan fingerprint density at radius 1 is 1.33 bits per heavy atom. The Hall–Kier alpha value is -0.300. The molecule has 0 saturated carbocycles. The maximum atomic E-state index is 3.40. The van der Waals surface area contributed by atoms with Crippen LogP contribution >= 0.6 is 15.9 Å². The smallest absolute Gasteiger partial charge is 0.0210 e. The molecule has 9 heavy (non-hydrogen) atoms. The van der Waals surface area contributed by atoms with Crippen LogP contribution in [0.2, 0.25) is 0 Å². The van der Waals surface area contributed by atoms with Crippen molar-refractivity contribution < 1.29 is 0 Å². The van der Waals surface area contributed by atoms with Gasteiger partial charge < -0.3 is 0 Å². The van der Waals surface area contributed by atoms with Crippen molar-refractivity contribution in [1.29, 1.82) is 0 Å². The minimum absolute atomic E-state index is 1.13. The lowest BCUT2D eigenvalue weighted by molar-refractivity contribution is 1.35. The maximum absolute atomic E-state index is 3.40. The molecule has 47 valence electrons. The second kappa shape index (κ2) is 2.53. The molecule has 1 aromatic carbocycles. The number of hydrogen-bond donors (Lipinski definition) is 0. The maximum Gasteiger partial charge on any atom is 0.0210 e. The summed E-state index contributed by atoms with van der Waals surface area (Å²) in [5, 5.41) is 0. The molecule has 0 fully saturated rings. The fourth-order valence-electron chi connectivity index (χ4n) is 0.720. The standard InChI is InChI=1S/C8H8Br/c1-6-3-4-8(9)7(2)5-6/h3-4H,1-2H3. The highest BCUT2D eigenvalue weighted by atomic mass is 79.9. The van der Waals surface area contributed by atoms with Crippen LogP contribution in [-0.2, 0) is 0 Å². The van der Waals surface area contributed by atoms with E-state index in [1.807, 2.05) is 26.0 Å². The van der Waals surface area contributed by atoms with Gasteiger partial charge in [0.2, 0.25) is 0 Å². The molecule has 0 aliphatic rings. The minimum atomic E-state index is 1.13. The zero-order valence-electron chi connectivity index (χ0n) is 5.53. The van der Waals surface area contributed by atoms with Gasteiger partial charge in [0.05, 0.1) is 0 Å². The second-order valence-corrected chi connectivity index (χ2v) is 2.97. The summed E-state index contributed by atoms with van der Waals surface area (Å²) in [5.74, 6) is 0. The summed E-state index contributed by atoms with van der Waals surface area (Å²) in [6.45, 7) is 4.08. The Morgan fingerprint density at radius 3 is 2.44 bits per heavy atom. The molecule has 0 aromatic heterocycles. The van der Waals surface area contributed by atoms with Crippen molar-refractivity contribution >= 4 is 15.9 Å². The van der Waals surface area contributed by atoms with E-state index in [9.17, 15) is 0 Å². The van der Waals surface area contributed by atoms with Crippen LogP contribution in [0.4, 0.5) is 0 Å². The van der Waals surface area contributed by atoms with Crippen molar-refractivity contribution in [1.82, 2.24) is 0 Å². The summed E-state index contributed by atoms with van der Waals surface area (Å²) in [6, 6.07) is 7.27. The van der Waals surface area contributed by atoms with Crippen LogP contribution in [0.15, 0.2) is 16.6 Å². The van der Waals surface area contributed by atoms with Crippen LogP contribution < -0.4 is 0 Å². The van der Waals surface area contributed by atoms with Gasteiger partial charge in [-0.25, -0.2) is 0 Å². The van der Waals surface area contributed by atoms with Crippen molar-refractivity contribution in [2.75, 3.05) is 0 Å². The number of aryl methyl sites for hydroxylation is 2. The molecule has 0 bridgehead atoms. The predicted octanol–water partition coefficient (Wildman–Crippen LogP) is 2.87. The highest BCUT2D eigenvalue weighted by Crippen LogP contribution is 2.15. The first-order valence-electron chi connectivity index (χ1n) is 2.85. The lowest BCUT2D eigenvalue weighted by Crippen LogP contribution is -1.77. The summed E-state index contributed by atoms with van der Waals surface area (Å²) in [6.07, 6.45) is 0. The van der Waals surface area contributed by atoms with E-state index >= 15 is 0 Å². The van der Waals surface area contributed by atoms with Crippen molar-refractivity contribution in [3.8, 4) is 0 Å². The van der Waals surface area contributed by atoms with E-state index in [-0.39, 0.29) is 0 Å². The Kier molecular flexibility index (Phi) is 1.91. The Morgan fingerprint density at radius 2 is 2.00 bits per heavy atom. The molecule has 0 aliphatic heterocycles. The molecular weight excluding hydrogens is 176 g/mol. The molecule has 1 rings (SSSR count). The van der Waals surface area contributed by atoms with Crippen molar-refractivity contribution in [3.05, 3.63) is 33.8 Å². The molecule has 1 aromatic rings. The molecular formula is C8H8Br. The quantitative estimate of drug-likeness (QED) is 0.581. The van der Waals surface area contributed by atoms with Gasteiger partial charge in [0.25, 0.3) is 0 Å². The average molecular weight is 184 g/mol.